The molecule has 0 unspecified atom stereocenters. The first kappa shape index (κ1) is 16.4. The maximum absolute atomic E-state index is 12.4. The molecule has 2 aromatic rings. The maximum atomic E-state index is 12.4. The molecule has 1 amide bonds. The van der Waals surface area contributed by atoms with E-state index in [-0.39, 0.29) is 16.9 Å². The fourth-order valence-electron chi connectivity index (χ4n) is 1.97. The summed E-state index contributed by atoms with van der Waals surface area (Å²) in [7, 11) is 0. The fraction of sp³-hybridized carbons (Fsp3) is 0.438. The monoisotopic (exact) mass is 319 g/mol. The fourth-order valence-corrected chi connectivity index (χ4v) is 2.99. The van der Waals surface area contributed by atoms with Crippen LogP contribution in [-0.4, -0.2) is 15.5 Å². The number of aryl methyl sites for hydroxylation is 2. The van der Waals surface area contributed by atoms with E-state index in [1.807, 2.05) is 13.8 Å². The molecule has 6 heteroatoms. The minimum absolute atomic E-state index is 0.0792. The largest absolute Gasteiger partial charge is 0.320 e. The van der Waals surface area contributed by atoms with Crippen molar-refractivity contribution in [3.63, 3.8) is 0 Å². The van der Waals surface area contributed by atoms with Crippen molar-refractivity contribution in [1.29, 1.82) is 0 Å². The van der Waals surface area contributed by atoms with Crippen molar-refractivity contribution >= 4 is 22.9 Å². The van der Waals surface area contributed by atoms with Gasteiger partial charge in [-0.3, -0.25) is 9.59 Å². The third kappa shape index (κ3) is 3.44. The summed E-state index contributed by atoms with van der Waals surface area (Å²) >= 11 is 1.42. The molecule has 0 saturated carbocycles. The van der Waals surface area contributed by atoms with Gasteiger partial charge in [0.25, 0.3) is 11.5 Å². The molecule has 2 heterocycles. The van der Waals surface area contributed by atoms with Crippen molar-refractivity contribution in [2.24, 2.45) is 0 Å². The van der Waals surface area contributed by atoms with Crippen molar-refractivity contribution in [2.75, 3.05) is 5.32 Å². The maximum Gasteiger partial charge on any atom is 0.267 e. The number of pyridine rings is 1. The van der Waals surface area contributed by atoms with E-state index in [0.29, 0.717) is 17.1 Å². The molecule has 0 bridgehead atoms. The summed E-state index contributed by atoms with van der Waals surface area (Å²) in [5.41, 5.74) is 1.18. The first-order valence-electron chi connectivity index (χ1n) is 7.22. The summed E-state index contributed by atoms with van der Waals surface area (Å²) in [6.45, 7) is 10.5. The standard InChI is InChI=1S/C16H21N3O2S/c1-6-19-9-11(7-8-12(19)20)18-14(21)13-10(2)17-15(22-13)16(3,4)5/h7-9H,6H2,1-5H3,(H,18,21). The third-order valence-electron chi connectivity index (χ3n) is 3.23. The number of carbonyl (C=O) groups is 1. The van der Waals surface area contributed by atoms with Crippen LogP contribution in [-0.2, 0) is 12.0 Å². The first-order chi connectivity index (χ1) is 10.2. The first-order valence-corrected chi connectivity index (χ1v) is 8.03. The molecule has 0 aliphatic carbocycles. The van der Waals surface area contributed by atoms with Crippen LogP contribution in [0.2, 0.25) is 0 Å². The Hall–Kier alpha value is -1.95. The van der Waals surface area contributed by atoms with E-state index in [1.165, 1.54) is 17.4 Å². The molecule has 0 aliphatic heterocycles. The molecule has 0 aliphatic rings. The van der Waals surface area contributed by atoms with Gasteiger partial charge in [0.1, 0.15) is 4.88 Å². The van der Waals surface area contributed by atoms with E-state index in [9.17, 15) is 9.59 Å². The lowest BCUT2D eigenvalue weighted by atomic mass is 9.98. The van der Waals surface area contributed by atoms with Crippen LogP contribution in [0, 0.1) is 6.92 Å². The molecular formula is C16H21N3O2S. The SMILES string of the molecule is CCn1cc(NC(=O)c2sc(C(C)(C)C)nc2C)ccc1=O. The predicted octanol–water partition coefficient (Wildman–Crippen LogP) is 3.18. The second kappa shape index (κ2) is 6.04. The van der Waals surface area contributed by atoms with Crippen LogP contribution in [0.1, 0.15) is 48.1 Å². The Morgan fingerprint density at radius 3 is 2.59 bits per heavy atom. The van der Waals surface area contributed by atoms with Crippen molar-refractivity contribution in [1.82, 2.24) is 9.55 Å². The molecule has 2 rings (SSSR count). The van der Waals surface area contributed by atoms with E-state index >= 15 is 0 Å². The van der Waals surface area contributed by atoms with Gasteiger partial charge in [-0.15, -0.1) is 11.3 Å². The highest BCUT2D eigenvalue weighted by molar-refractivity contribution is 7.14. The predicted molar refractivity (Wildman–Crippen MR) is 89.9 cm³/mol. The quantitative estimate of drug-likeness (QED) is 0.945. The molecule has 118 valence electrons. The summed E-state index contributed by atoms with van der Waals surface area (Å²) < 4.78 is 1.55. The normalized spacial score (nSPS) is 11.5. The Morgan fingerprint density at radius 1 is 1.36 bits per heavy atom. The topological polar surface area (TPSA) is 64.0 Å². The van der Waals surface area contributed by atoms with Gasteiger partial charge < -0.3 is 9.88 Å². The summed E-state index contributed by atoms with van der Waals surface area (Å²) in [6.07, 6.45) is 1.65. The Kier molecular flexibility index (Phi) is 4.51. The number of hydrogen-bond acceptors (Lipinski definition) is 4. The van der Waals surface area contributed by atoms with Gasteiger partial charge in [-0.05, 0) is 19.9 Å². The average Bonchev–Trinajstić information content (AvgIpc) is 2.83. The van der Waals surface area contributed by atoms with Gasteiger partial charge in [0.2, 0.25) is 0 Å². The molecule has 0 saturated heterocycles. The highest BCUT2D eigenvalue weighted by Crippen LogP contribution is 2.29. The van der Waals surface area contributed by atoms with Gasteiger partial charge in [0.05, 0.1) is 16.4 Å². The van der Waals surface area contributed by atoms with Gasteiger partial charge in [-0.1, -0.05) is 20.8 Å². The molecule has 0 aromatic carbocycles. The zero-order valence-electron chi connectivity index (χ0n) is 13.6. The number of aromatic nitrogens is 2. The Balaban J connectivity index is 2.26. The second-order valence-electron chi connectivity index (χ2n) is 6.18. The van der Waals surface area contributed by atoms with Crippen molar-refractivity contribution in [3.05, 3.63) is 44.3 Å². The lowest BCUT2D eigenvalue weighted by Crippen LogP contribution is -2.19. The number of nitrogens with one attached hydrogen (secondary N) is 1. The molecular weight excluding hydrogens is 298 g/mol. The summed E-state index contributed by atoms with van der Waals surface area (Å²) in [5, 5.41) is 3.78. The minimum Gasteiger partial charge on any atom is -0.320 e. The lowest BCUT2D eigenvalue weighted by Gasteiger charge is -2.13. The van der Waals surface area contributed by atoms with Crippen LogP contribution in [0.15, 0.2) is 23.1 Å². The highest BCUT2D eigenvalue weighted by atomic mass is 32.1. The number of hydrogen-bond donors (Lipinski definition) is 1. The number of nitrogens with zero attached hydrogens (tertiary/aromatic N) is 2. The summed E-state index contributed by atoms with van der Waals surface area (Å²) in [4.78, 5) is 29.1. The van der Waals surface area contributed by atoms with Crippen LogP contribution in [0.4, 0.5) is 5.69 Å². The van der Waals surface area contributed by atoms with Crippen LogP contribution >= 0.6 is 11.3 Å². The van der Waals surface area contributed by atoms with Crippen molar-refractivity contribution in [2.45, 2.75) is 46.6 Å². The number of amides is 1. The van der Waals surface area contributed by atoms with Gasteiger partial charge in [0.15, 0.2) is 0 Å². The number of anilines is 1. The number of thiazole rings is 1. The van der Waals surface area contributed by atoms with E-state index in [0.717, 1.165) is 10.7 Å². The molecule has 0 spiro atoms. The Morgan fingerprint density at radius 2 is 2.05 bits per heavy atom. The van der Waals surface area contributed by atoms with Gasteiger partial charge in [-0.2, -0.15) is 0 Å². The summed E-state index contributed by atoms with van der Waals surface area (Å²) in [5.74, 6) is -0.188. The Labute approximate surface area is 134 Å². The second-order valence-corrected chi connectivity index (χ2v) is 7.18. The van der Waals surface area contributed by atoms with Crippen molar-refractivity contribution < 1.29 is 4.79 Å². The molecule has 2 aromatic heterocycles. The van der Waals surface area contributed by atoms with Gasteiger partial charge in [0, 0.05) is 24.2 Å². The zero-order valence-corrected chi connectivity index (χ0v) is 14.4. The van der Waals surface area contributed by atoms with E-state index in [4.69, 9.17) is 0 Å². The lowest BCUT2D eigenvalue weighted by molar-refractivity contribution is 0.102. The highest BCUT2D eigenvalue weighted by Gasteiger charge is 2.23. The van der Waals surface area contributed by atoms with Gasteiger partial charge >= 0.3 is 0 Å². The minimum atomic E-state index is -0.188. The van der Waals surface area contributed by atoms with E-state index in [2.05, 4.69) is 31.1 Å². The zero-order chi connectivity index (χ0) is 16.5. The molecule has 5 nitrogen and oxygen atoms in total. The third-order valence-corrected chi connectivity index (χ3v) is 4.81. The van der Waals surface area contributed by atoms with Crippen LogP contribution < -0.4 is 10.9 Å². The van der Waals surface area contributed by atoms with E-state index in [1.54, 1.807) is 16.8 Å². The van der Waals surface area contributed by atoms with Gasteiger partial charge in [-0.25, -0.2) is 4.98 Å². The molecule has 1 N–H and O–H groups in total. The van der Waals surface area contributed by atoms with Crippen LogP contribution in [0.3, 0.4) is 0 Å². The smallest absolute Gasteiger partial charge is 0.267 e. The molecule has 0 atom stereocenters. The van der Waals surface area contributed by atoms with E-state index < -0.39 is 0 Å². The molecule has 0 fully saturated rings. The molecule has 0 radical (unpaired) electrons. The summed E-state index contributed by atoms with van der Waals surface area (Å²) in [6, 6.07) is 3.08. The van der Waals surface area contributed by atoms with Crippen LogP contribution in [0.5, 0.6) is 0 Å². The van der Waals surface area contributed by atoms with Crippen molar-refractivity contribution in [3.8, 4) is 0 Å². The van der Waals surface area contributed by atoms with Crippen LogP contribution in [0.25, 0.3) is 0 Å². The Bertz CT molecular complexity index is 753. The number of carbonyl (C=O) groups excluding carboxylic acids is 1. The number of rotatable bonds is 3. The average molecular weight is 319 g/mol. The molecule has 22 heavy (non-hydrogen) atoms.